The van der Waals surface area contributed by atoms with Gasteiger partial charge in [0.1, 0.15) is 0 Å². The zero-order chi connectivity index (χ0) is 25.3. The number of amides is 2. The smallest absolute Gasteiger partial charge is 0.450 e. The van der Waals surface area contributed by atoms with Gasteiger partial charge in [0.05, 0.1) is 0 Å². The largest absolute Gasteiger partial charge is 0.490 e. The highest BCUT2D eigenvalue weighted by Crippen LogP contribution is 2.29. The first-order valence-corrected chi connectivity index (χ1v) is 10.8. The molecule has 0 bridgehead atoms. The van der Waals surface area contributed by atoms with Gasteiger partial charge in [0.2, 0.25) is 6.23 Å². The third kappa shape index (κ3) is 5.02. The van der Waals surface area contributed by atoms with Crippen molar-refractivity contribution in [2.24, 2.45) is 0 Å². The molecular formula is C23H23F3N4O5. The standard InChI is InChI=1S/C23H23F3N4O5/c1-30(2)21(35-22(33)23(24,25)26)17-6-5-16(34-17)20(32)28-9-7-12-11-29-15-4-3-14-13(18(12)15)8-10-27-19(14)31/h3-6,11,21,29H,7-10H2,1-2H3,(H,27,31)(H,28,32). The molecule has 1 aliphatic heterocycles. The van der Waals surface area contributed by atoms with Crippen LogP contribution in [0.15, 0.2) is 34.9 Å². The van der Waals surface area contributed by atoms with Gasteiger partial charge in [-0.15, -0.1) is 0 Å². The number of nitrogens with one attached hydrogen (secondary N) is 3. The molecule has 2 aromatic heterocycles. The van der Waals surface area contributed by atoms with Crippen molar-refractivity contribution in [3.8, 4) is 0 Å². The van der Waals surface area contributed by atoms with Gasteiger partial charge in [-0.25, -0.2) is 4.79 Å². The summed E-state index contributed by atoms with van der Waals surface area (Å²) in [5.41, 5.74) is 3.45. The van der Waals surface area contributed by atoms with E-state index in [1.54, 1.807) is 6.07 Å². The summed E-state index contributed by atoms with van der Waals surface area (Å²) < 4.78 is 47.6. The van der Waals surface area contributed by atoms with E-state index in [9.17, 15) is 27.6 Å². The molecule has 9 nitrogen and oxygen atoms in total. The molecule has 12 heteroatoms. The Bertz CT molecular complexity index is 1280. The minimum atomic E-state index is -5.16. The van der Waals surface area contributed by atoms with Crippen molar-refractivity contribution >= 4 is 28.7 Å². The molecule has 4 rings (SSSR count). The summed E-state index contributed by atoms with van der Waals surface area (Å²) >= 11 is 0. The molecule has 35 heavy (non-hydrogen) atoms. The van der Waals surface area contributed by atoms with Gasteiger partial charge < -0.3 is 24.8 Å². The Labute approximate surface area is 197 Å². The average Bonchev–Trinajstić information content (AvgIpc) is 3.44. The number of hydrogen-bond acceptors (Lipinski definition) is 6. The van der Waals surface area contributed by atoms with Crippen LogP contribution in [0.3, 0.4) is 0 Å². The van der Waals surface area contributed by atoms with E-state index < -0.39 is 24.3 Å². The van der Waals surface area contributed by atoms with Gasteiger partial charge in [-0.2, -0.15) is 13.2 Å². The molecule has 0 saturated heterocycles. The lowest BCUT2D eigenvalue weighted by Gasteiger charge is -2.22. The molecule has 186 valence electrons. The molecule has 0 spiro atoms. The molecule has 3 aromatic rings. The van der Waals surface area contributed by atoms with E-state index in [0.717, 1.165) is 22.0 Å². The first-order chi connectivity index (χ1) is 16.6. The second kappa shape index (κ2) is 9.45. The van der Waals surface area contributed by atoms with Gasteiger partial charge in [0, 0.05) is 35.8 Å². The van der Waals surface area contributed by atoms with Gasteiger partial charge >= 0.3 is 12.1 Å². The first kappa shape index (κ1) is 24.3. The van der Waals surface area contributed by atoms with E-state index in [4.69, 9.17) is 4.42 Å². The molecule has 0 radical (unpaired) electrons. The highest BCUT2D eigenvalue weighted by atomic mass is 19.4. The molecule has 0 fully saturated rings. The number of carbonyl (C=O) groups excluding carboxylic acids is 3. The van der Waals surface area contributed by atoms with Crippen molar-refractivity contribution in [2.75, 3.05) is 27.2 Å². The summed E-state index contributed by atoms with van der Waals surface area (Å²) in [6, 6.07) is 6.21. The number of carbonyl (C=O) groups is 3. The molecule has 3 heterocycles. The van der Waals surface area contributed by atoms with Crippen LogP contribution in [0.4, 0.5) is 13.2 Å². The Balaban J connectivity index is 1.42. The Kier molecular flexibility index (Phi) is 6.57. The van der Waals surface area contributed by atoms with Crippen LogP contribution in [-0.2, 0) is 22.4 Å². The van der Waals surface area contributed by atoms with Crippen molar-refractivity contribution in [1.29, 1.82) is 0 Å². The van der Waals surface area contributed by atoms with E-state index in [2.05, 4.69) is 20.4 Å². The third-order valence-electron chi connectivity index (χ3n) is 5.63. The molecule has 1 aliphatic rings. The van der Waals surface area contributed by atoms with Crippen molar-refractivity contribution < 1.29 is 36.7 Å². The number of hydrogen-bond donors (Lipinski definition) is 3. The fourth-order valence-electron chi connectivity index (χ4n) is 4.03. The third-order valence-corrected chi connectivity index (χ3v) is 5.63. The minimum absolute atomic E-state index is 0.112. The topological polar surface area (TPSA) is 117 Å². The van der Waals surface area contributed by atoms with Crippen molar-refractivity contribution in [3.63, 3.8) is 0 Å². The lowest BCUT2D eigenvalue weighted by molar-refractivity contribution is -0.213. The van der Waals surface area contributed by atoms with Gasteiger partial charge in [-0.1, -0.05) is 0 Å². The zero-order valence-electron chi connectivity index (χ0n) is 18.9. The number of alkyl halides is 3. The summed E-state index contributed by atoms with van der Waals surface area (Å²) in [7, 11) is 2.81. The van der Waals surface area contributed by atoms with Crippen molar-refractivity contribution in [2.45, 2.75) is 25.2 Å². The number of rotatable bonds is 7. The van der Waals surface area contributed by atoms with Crippen LogP contribution in [0, 0.1) is 0 Å². The van der Waals surface area contributed by atoms with E-state index in [-0.39, 0.29) is 24.0 Å². The zero-order valence-corrected chi connectivity index (χ0v) is 18.9. The SMILES string of the molecule is CN(C)C(OC(=O)C(F)(F)F)c1ccc(C(=O)NCCc2c[nH]c3ccc4c(c23)CCNC4=O)o1. The highest BCUT2D eigenvalue weighted by molar-refractivity contribution is 6.03. The quantitative estimate of drug-likeness (QED) is 0.345. The molecule has 1 aromatic carbocycles. The number of ether oxygens (including phenoxy) is 1. The Hall–Kier alpha value is -3.80. The van der Waals surface area contributed by atoms with Crippen LogP contribution in [-0.4, -0.2) is 61.0 Å². The lowest BCUT2D eigenvalue weighted by atomic mass is 9.94. The molecule has 0 saturated carbocycles. The predicted octanol–water partition coefficient (Wildman–Crippen LogP) is 2.69. The number of aromatic amines is 1. The van der Waals surface area contributed by atoms with Crippen LogP contribution in [0.5, 0.6) is 0 Å². The number of H-pyrrole nitrogens is 1. The summed E-state index contributed by atoms with van der Waals surface area (Å²) in [5, 5.41) is 6.50. The van der Waals surface area contributed by atoms with Gasteiger partial charge in [0.15, 0.2) is 11.5 Å². The monoisotopic (exact) mass is 492 g/mol. The molecule has 2 amide bonds. The predicted molar refractivity (Wildman–Crippen MR) is 118 cm³/mol. The van der Waals surface area contributed by atoms with E-state index in [1.807, 2.05) is 12.3 Å². The molecular weight excluding hydrogens is 469 g/mol. The number of furan rings is 1. The molecule has 1 atom stereocenters. The number of esters is 1. The minimum Gasteiger partial charge on any atom is -0.450 e. The van der Waals surface area contributed by atoms with Crippen LogP contribution < -0.4 is 10.6 Å². The maximum absolute atomic E-state index is 12.6. The first-order valence-electron chi connectivity index (χ1n) is 10.8. The highest BCUT2D eigenvalue weighted by Gasteiger charge is 2.43. The Morgan fingerprint density at radius 1 is 1.23 bits per heavy atom. The van der Waals surface area contributed by atoms with Crippen LogP contribution in [0.1, 0.15) is 44.0 Å². The second-order valence-electron chi connectivity index (χ2n) is 8.26. The van der Waals surface area contributed by atoms with Crippen molar-refractivity contribution in [3.05, 3.63) is 58.7 Å². The maximum Gasteiger partial charge on any atom is 0.490 e. The average molecular weight is 492 g/mol. The number of aromatic nitrogens is 1. The normalized spacial score (nSPS) is 14.5. The molecule has 3 N–H and O–H groups in total. The summed E-state index contributed by atoms with van der Waals surface area (Å²) in [6.07, 6.45) is -3.60. The maximum atomic E-state index is 12.6. The fourth-order valence-corrected chi connectivity index (χ4v) is 4.03. The van der Waals surface area contributed by atoms with Gasteiger partial charge in [0.25, 0.3) is 11.8 Å². The van der Waals surface area contributed by atoms with Crippen LogP contribution in [0.2, 0.25) is 0 Å². The summed E-state index contributed by atoms with van der Waals surface area (Å²) in [4.78, 5) is 40.3. The second-order valence-corrected chi connectivity index (χ2v) is 8.26. The van der Waals surface area contributed by atoms with Crippen LogP contribution >= 0.6 is 0 Å². The lowest BCUT2D eigenvalue weighted by Crippen LogP contribution is -2.32. The number of nitrogens with zero attached hydrogens (tertiary/aromatic N) is 1. The molecule has 1 unspecified atom stereocenters. The summed E-state index contributed by atoms with van der Waals surface area (Å²) in [5.74, 6) is -3.31. The number of benzene rings is 1. The van der Waals surface area contributed by atoms with Crippen LogP contribution in [0.25, 0.3) is 10.9 Å². The van der Waals surface area contributed by atoms with Gasteiger partial charge in [-0.05, 0) is 62.3 Å². The fraction of sp³-hybridized carbons (Fsp3) is 0.348. The summed E-state index contributed by atoms with van der Waals surface area (Å²) in [6.45, 7) is 0.803. The Morgan fingerprint density at radius 3 is 2.71 bits per heavy atom. The van der Waals surface area contributed by atoms with Crippen molar-refractivity contribution in [1.82, 2.24) is 20.5 Å². The van der Waals surface area contributed by atoms with E-state index in [0.29, 0.717) is 24.9 Å². The van der Waals surface area contributed by atoms with Gasteiger partial charge in [-0.3, -0.25) is 14.5 Å². The number of fused-ring (bicyclic) bond motifs is 3. The van der Waals surface area contributed by atoms with E-state index >= 15 is 0 Å². The molecule has 0 aliphatic carbocycles. The Morgan fingerprint density at radius 2 is 2.00 bits per heavy atom. The van der Waals surface area contributed by atoms with E-state index in [1.165, 1.54) is 31.1 Å². The number of halogens is 3.